The molecule has 5 rings (SSSR count). The minimum atomic E-state index is 0.263. The van der Waals surface area contributed by atoms with E-state index in [2.05, 4.69) is 45.6 Å². The number of aromatic nitrogens is 3. The van der Waals surface area contributed by atoms with Crippen molar-refractivity contribution in [2.24, 2.45) is 5.92 Å². The Hall–Kier alpha value is -1.70. The molecule has 0 saturated carbocycles. The van der Waals surface area contributed by atoms with Gasteiger partial charge in [0.25, 0.3) is 0 Å². The van der Waals surface area contributed by atoms with Crippen molar-refractivity contribution in [3.8, 4) is 0 Å². The summed E-state index contributed by atoms with van der Waals surface area (Å²) in [5, 5.41) is 5.05. The van der Waals surface area contributed by atoms with Gasteiger partial charge in [0, 0.05) is 32.8 Å². The van der Waals surface area contributed by atoms with Crippen molar-refractivity contribution in [2.75, 3.05) is 31.1 Å². The summed E-state index contributed by atoms with van der Waals surface area (Å²) in [5.74, 6) is 1.84. The first kappa shape index (κ1) is 20.2. The SMILES string of the molecule is CC1CCN(c2nn(CN3CCc4ccccc4C3)c(=S)n2CC2CCCO2)CC1. The third kappa shape index (κ3) is 4.20. The maximum atomic E-state index is 5.94. The quantitative estimate of drug-likeness (QED) is 0.678. The van der Waals surface area contributed by atoms with E-state index in [4.69, 9.17) is 22.1 Å². The predicted octanol–water partition coefficient (Wildman–Crippen LogP) is 3.85. The molecule has 0 aliphatic carbocycles. The van der Waals surface area contributed by atoms with E-state index in [0.717, 1.165) is 81.9 Å². The number of fused-ring (bicyclic) bond motifs is 1. The molecule has 3 aliphatic heterocycles. The lowest BCUT2D eigenvalue weighted by Gasteiger charge is -2.31. The first-order chi connectivity index (χ1) is 14.7. The highest BCUT2D eigenvalue weighted by atomic mass is 32.1. The Bertz CT molecular complexity index is 924. The maximum Gasteiger partial charge on any atom is 0.226 e. The largest absolute Gasteiger partial charge is 0.376 e. The van der Waals surface area contributed by atoms with E-state index in [1.807, 2.05) is 4.68 Å². The molecule has 0 spiro atoms. The Morgan fingerprint density at radius 3 is 2.67 bits per heavy atom. The third-order valence-electron chi connectivity index (χ3n) is 6.92. The molecular weight excluding hydrogens is 394 g/mol. The van der Waals surface area contributed by atoms with Gasteiger partial charge in [-0.1, -0.05) is 31.2 Å². The molecule has 30 heavy (non-hydrogen) atoms. The fourth-order valence-corrected chi connectivity index (χ4v) is 5.24. The monoisotopic (exact) mass is 427 g/mol. The van der Waals surface area contributed by atoms with Crippen LogP contribution in [-0.2, 0) is 30.9 Å². The molecule has 0 amide bonds. The summed E-state index contributed by atoms with van der Waals surface area (Å²) >= 11 is 5.94. The average Bonchev–Trinajstić information content (AvgIpc) is 3.38. The van der Waals surface area contributed by atoms with E-state index < -0.39 is 0 Å². The van der Waals surface area contributed by atoms with E-state index in [1.54, 1.807) is 0 Å². The molecule has 1 atom stereocenters. The topological polar surface area (TPSA) is 38.5 Å². The molecule has 4 heterocycles. The second-order valence-electron chi connectivity index (χ2n) is 9.21. The van der Waals surface area contributed by atoms with Crippen LogP contribution in [-0.4, -0.2) is 51.6 Å². The lowest BCUT2D eigenvalue weighted by Crippen LogP contribution is -2.35. The van der Waals surface area contributed by atoms with Crippen LogP contribution in [0.2, 0.25) is 0 Å². The Morgan fingerprint density at radius 1 is 1.10 bits per heavy atom. The average molecular weight is 428 g/mol. The van der Waals surface area contributed by atoms with Gasteiger partial charge in [-0.2, -0.15) is 0 Å². The van der Waals surface area contributed by atoms with Gasteiger partial charge < -0.3 is 9.64 Å². The van der Waals surface area contributed by atoms with Crippen LogP contribution in [0.4, 0.5) is 5.95 Å². The summed E-state index contributed by atoms with van der Waals surface area (Å²) in [6.07, 6.45) is 6.07. The normalized spacial score (nSPS) is 23.1. The zero-order chi connectivity index (χ0) is 20.5. The number of ether oxygens (including phenoxy) is 1. The molecule has 2 aromatic rings. The highest BCUT2D eigenvalue weighted by Gasteiger charge is 2.26. The number of hydrogen-bond donors (Lipinski definition) is 0. The second-order valence-corrected chi connectivity index (χ2v) is 9.58. The highest BCUT2D eigenvalue weighted by molar-refractivity contribution is 7.71. The summed E-state index contributed by atoms with van der Waals surface area (Å²) in [6, 6.07) is 8.78. The number of piperidine rings is 1. The van der Waals surface area contributed by atoms with Crippen molar-refractivity contribution in [1.82, 2.24) is 19.2 Å². The molecule has 7 heteroatoms. The van der Waals surface area contributed by atoms with Crippen molar-refractivity contribution in [2.45, 2.75) is 64.9 Å². The predicted molar refractivity (Wildman–Crippen MR) is 121 cm³/mol. The van der Waals surface area contributed by atoms with Crippen molar-refractivity contribution in [3.05, 3.63) is 40.2 Å². The highest BCUT2D eigenvalue weighted by Crippen LogP contribution is 2.25. The number of nitrogens with zero attached hydrogens (tertiary/aromatic N) is 5. The number of hydrogen-bond acceptors (Lipinski definition) is 5. The lowest BCUT2D eigenvalue weighted by molar-refractivity contribution is 0.0964. The molecule has 1 aromatic heterocycles. The zero-order valence-electron chi connectivity index (χ0n) is 18.0. The zero-order valence-corrected chi connectivity index (χ0v) is 18.8. The lowest BCUT2D eigenvalue weighted by atomic mass is 10.00. The second kappa shape index (κ2) is 8.81. The van der Waals surface area contributed by atoms with E-state index >= 15 is 0 Å². The first-order valence-electron chi connectivity index (χ1n) is 11.5. The molecule has 3 aliphatic rings. The molecule has 2 saturated heterocycles. The third-order valence-corrected chi connectivity index (χ3v) is 7.35. The van der Waals surface area contributed by atoms with Gasteiger partial charge in [-0.3, -0.25) is 9.47 Å². The van der Waals surface area contributed by atoms with Gasteiger partial charge in [-0.05, 0) is 61.4 Å². The van der Waals surface area contributed by atoms with Crippen molar-refractivity contribution in [3.63, 3.8) is 0 Å². The minimum absolute atomic E-state index is 0.263. The van der Waals surface area contributed by atoms with Crippen molar-refractivity contribution in [1.29, 1.82) is 0 Å². The van der Waals surface area contributed by atoms with Crippen LogP contribution < -0.4 is 4.90 Å². The molecule has 6 nitrogen and oxygen atoms in total. The summed E-state index contributed by atoms with van der Waals surface area (Å²) in [7, 11) is 0. The van der Waals surface area contributed by atoms with E-state index in [9.17, 15) is 0 Å². The van der Waals surface area contributed by atoms with Gasteiger partial charge in [0.15, 0.2) is 0 Å². The number of anilines is 1. The maximum absolute atomic E-state index is 5.94. The Balaban J connectivity index is 1.38. The van der Waals surface area contributed by atoms with Gasteiger partial charge >= 0.3 is 0 Å². The van der Waals surface area contributed by atoms with E-state index in [-0.39, 0.29) is 6.10 Å². The van der Waals surface area contributed by atoms with Crippen LogP contribution in [0, 0.1) is 10.7 Å². The first-order valence-corrected chi connectivity index (χ1v) is 11.9. The van der Waals surface area contributed by atoms with Crippen LogP contribution in [0.25, 0.3) is 0 Å². The van der Waals surface area contributed by atoms with Gasteiger partial charge in [-0.25, -0.2) is 4.68 Å². The molecule has 0 N–H and O–H groups in total. The van der Waals surface area contributed by atoms with E-state index in [1.165, 1.54) is 24.0 Å². The fraction of sp³-hybridized carbons (Fsp3) is 0.652. The molecule has 1 aromatic carbocycles. The Kier molecular flexibility index (Phi) is 5.94. The molecular formula is C23H33N5OS. The molecule has 2 fully saturated rings. The molecule has 1 unspecified atom stereocenters. The number of rotatable bonds is 5. The molecule has 162 valence electrons. The van der Waals surface area contributed by atoms with Gasteiger partial charge in [-0.15, -0.1) is 5.10 Å². The summed E-state index contributed by atoms with van der Waals surface area (Å²) in [6.45, 7) is 8.94. The molecule has 0 radical (unpaired) electrons. The van der Waals surface area contributed by atoms with Gasteiger partial charge in [0.05, 0.1) is 19.3 Å². The summed E-state index contributed by atoms with van der Waals surface area (Å²) in [4.78, 5) is 4.90. The van der Waals surface area contributed by atoms with E-state index in [0.29, 0.717) is 0 Å². The standard InChI is InChI=1S/C23H33N5OS/c1-18-8-12-26(13-9-18)22-24-28(23(30)27(22)16-21-7-4-14-29-21)17-25-11-10-19-5-2-3-6-20(19)15-25/h2-3,5-6,18,21H,4,7-17H2,1H3. The fourth-order valence-electron chi connectivity index (χ4n) is 4.98. The van der Waals surface area contributed by atoms with Crippen molar-refractivity contribution >= 4 is 18.2 Å². The summed E-state index contributed by atoms with van der Waals surface area (Å²) < 4.78 is 11.1. The minimum Gasteiger partial charge on any atom is -0.376 e. The summed E-state index contributed by atoms with van der Waals surface area (Å²) in [5.41, 5.74) is 2.91. The number of benzene rings is 1. The van der Waals surface area contributed by atoms with Gasteiger partial charge in [0.2, 0.25) is 10.7 Å². The van der Waals surface area contributed by atoms with Crippen LogP contribution >= 0.6 is 12.2 Å². The Labute approximate surface area is 184 Å². The Morgan fingerprint density at radius 2 is 1.90 bits per heavy atom. The van der Waals surface area contributed by atoms with Crippen LogP contribution in [0.3, 0.4) is 0 Å². The van der Waals surface area contributed by atoms with Crippen LogP contribution in [0.15, 0.2) is 24.3 Å². The van der Waals surface area contributed by atoms with Gasteiger partial charge in [0.1, 0.15) is 0 Å². The molecule has 0 bridgehead atoms. The van der Waals surface area contributed by atoms with Crippen LogP contribution in [0.5, 0.6) is 0 Å². The van der Waals surface area contributed by atoms with Crippen LogP contribution in [0.1, 0.15) is 43.7 Å². The smallest absolute Gasteiger partial charge is 0.226 e. The van der Waals surface area contributed by atoms with Crippen molar-refractivity contribution < 1.29 is 4.74 Å².